The first-order valence-electron chi connectivity index (χ1n) is 7.43. The smallest absolute Gasteiger partial charge is 0.130 e. The molecule has 2 nitrogen and oxygen atoms in total. The molecule has 0 unspecified atom stereocenters. The van der Waals surface area contributed by atoms with E-state index < -0.39 is 0 Å². The van der Waals surface area contributed by atoms with Gasteiger partial charge in [-0.3, -0.25) is 9.97 Å². The Balaban J connectivity index is 0.000000271. The van der Waals surface area contributed by atoms with Crippen LogP contribution in [0.1, 0.15) is 0 Å². The number of nitrogens with zero attached hydrogens (tertiary/aromatic N) is 2. The Morgan fingerprint density at radius 2 is 0.591 bits per heavy atom. The summed E-state index contributed by atoms with van der Waals surface area (Å²) in [5, 5.41) is 0. The fourth-order valence-corrected chi connectivity index (χ4v) is 1.01. The summed E-state index contributed by atoms with van der Waals surface area (Å²) in [4.78, 5) is 7.57. The van der Waals surface area contributed by atoms with Crippen LogP contribution in [0.15, 0.2) is 97.6 Å². The Kier molecular flexibility index (Phi) is 14.8. The van der Waals surface area contributed by atoms with Gasteiger partial charge in [0.25, 0.3) is 0 Å². The maximum atomic E-state index is 3.78. The van der Waals surface area contributed by atoms with E-state index in [4.69, 9.17) is 0 Å². The Morgan fingerprint density at radius 1 is 0.409 bits per heavy atom. The number of hydrogen-bond acceptors (Lipinski definition) is 2. The van der Waals surface area contributed by atoms with Crippen molar-refractivity contribution in [3.05, 3.63) is 97.6 Å². The molecule has 0 atom stereocenters. The first-order chi connectivity index (χ1) is 10.7. The molecule has 0 N–H and O–H groups in total. The van der Waals surface area contributed by atoms with Gasteiger partial charge in [-0.2, -0.15) is 0 Å². The van der Waals surface area contributed by atoms with E-state index in [-0.39, 0.29) is 0 Å². The van der Waals surface area contributed by atoms with Gasteiger partial charge < -0.3 is 0 Å². The summed E-state index contributed by atoms with van der Waals surface area (Å²) in [5.41, 5.74) is 0. The van der Waals surface area contributed by atoms with Gasteiger partial charge >= 0.3 is 0 Å². The molecule has 0 spiro atoms. The van der Waals surface area contributed by atoms with Gasteiger partial charge in [-0.15, -0.1) is 0 Å². The Bertz CT molecular complexity index is 344. The predicted molar refractivity (Wildman–Crippen MR) is 98.3 cm³/mol. The molecule has 0 bridgehead atoms. The molecule has 0 saturated heterocycles. The maximum Gasteiger partial charge on any atom is 0.130 e. The van der Waals surface area contributed by atoms with E-state index in [2.05, 4.69) is 30.4 Å². The molecule has 0 amide bonds. The van der Waals surface area contributed by atoms with Crippen LogP contribution in [0.5, 0.6) is 0 Å². The second-order valence-electron chi connectivity index (χ2n) is 4.94. The average Bonchev–Trinajstić information content (AvgIpc) is 2.60. The molecular weight excluding hydrogens is 267 g/mol. The Labute approximate surface area is 135 Å². The first kappa shape index (κ1) is 19.6. The van der Waals surface area contributed by atoms with Crippen molar-refractivity contribution in [1.29, 1.82) is 0 Å². The molecule has 2 heterocycles. The molecule has 114 valence electrons. The van der Waals surface area contributed by atoms with E-state index >= 15 is 0 Å². The van der Waals surface area contributed by atoms with E-state index in [1.54, 1.807) is 24.8 Å². The number of aromatic nitrogens is 2. The van der Waals surface area contributed by atoms with Gasteiger partial charge in [0, 0.05) is 24.8 Å². The zero-order valence-electron chi connectivity index (χ0n) is 13.7. The van der Waals surface area contributed by atoms with Crippen LogP contribution in [-0.2, 0) is 0 Å². The van der Waals surface area contributed by atoms with Gasteiger partial charge in [0.2, 0.25) is 0 Å². The van der Waals surface area contributed by atoms with Crippen molar-refractivity contribution in [3.8, 4) is 0 Å². The molecule has 3 rings (SSSR count). The SMILES string of the molecule is CB(C)C.c1ccccc1.c1ccncc1.c1ccncc1. The zero-order chi connectivity index (χ0) is 16.3. The van der Waals surface area contributed by atoms with E-state index in [0.29, 0.717) is 0 Å². The quantitative estimate of drug-likeness (QED) is 0.531. The van der Waals surface area contributed by atoms with Gasteiger partial charge in [-0.1, -0.05) is 69.0 Å². The van der Waals surface area contributed by atoms with E-state index in [0.717, 1.165) is 6.71 Å². The normalized spacial score (nSPS) is 7.77. The molecular formula is C19H25BN2. The van der Waals surface area contributed by atoms with Crippen LogP contribution < -0.4 is 0 Å². The third-order valence-corrected chi connectivity index (χ3v) is 1.80. The van der Waals surface area contributed by atoms with Gasteiger partial charge in [0.1, 0.15) is 6.71 Å². The fraction of sp³-hybridized carbons (Fsp3) is 0.158. The van der Waals surface area contributed by atoms with Crippen molar-refractivity contribution in [2.24, 2.45) is 0 Å². The van der Waals surface area contributed by atoms with Crippen molar-refractivity contribution in [1.82, 2.24) is 9.97 Å². The highest BCUT2D eigenvalue weighted by Crippen LogP contribution is 1.80. The minimum Gasteiger partial charge on any atom is -0.265 e. The van der Waals surface area contributed by atoms with Crippen molar-refractivity contribution >= 4 is 6.71 Å². The van der Waals surface area contributed by atoms with Crippen molar-refractivity contribution < 1.29 is 0 Å². The number of pyridine rings is 2. The Hall–Kier alpha value is -2.42. The highest BCUT2D eigenvalue weighted by Gasteiger charge is 1.76. The monoisotopic (exact) mass is 292 g/mol. The lowest BCUT2D eigenvalue weighted by Gasteiger charge is -1.71. The van der Waals surface area contributed by atoms with E-state index in [9.17, 15) is 0 Å². The minimum absolute atomic E-state index is 0.833. The first-order valence-corrected chi connectivity index (χ1v) is 7.43. The molecule has 1 aromatic carbocycles. The summed E-state index contributed by atoms with van der Waals surface area (Å²) in [5.74, 6) is 0. The average molecular weight is 292 g/mol. The van der Waals surface area contributed by atoms with Gasteiger partial charge in [-0.05, 0) is 24.3 Å². The van der Waals surface area contributed by atoms with Crippen molar-refractivity contribution in [2.75, 3.05) is 0 Å². The third-order valence-electron chi connectivity index (χ3n) is 1.80. The minimum atomic E-state index is 0.833. The maximum absolute atomic E-state index is 3.78. The molecule has 3 aromatic rings. The van der Waals surface area contributed by atoms with E-state index in [1.165, 1.54) is 0 Å². The van der Waals surface area contributed by atoms with Crippen LogP contribution in [0.4, 0.5) is 0 Å². The summed E-state index contributed by atoms with van der Waals surface area (Å²) >= 11 is 0. The van der Waals surface area contributed by atoms with Crippen molar-refractivity contribution in [3.63, 3.8) is 0 Å². The van der Waals surface area contributed by atoms with Crippen LogP contribution >= 0.6 is 0 Å². The fourth-order valence-electron chi connectivity index (χ4n) is 1.01. The molecule has 0 fully saturated rings. The van der Waals surface area contributed by atoms with Crippen LogP contribution in [0.25, 0.3) is 0 Å². The van der Waals surface area contributed by atoms with Crippen LogP contribution in [0.2, 0.25) is 20.5 Å². The lowest BCUT2D eigenvalue weighted by molar-refractivity contribution is 1.33. The van der Waals surface area contributed by atoms with Crippen molar-refractivity contribution in [2.45, 2.75) is 20.5 Å². The summed E-state index contributed by atoms with van der Waals surface area (Å²) in [6, 6.07) is 23.4. The molecule has 0 saturated carbocycles. The van der Waals surface area contributed by atoms with Gasteiger partial charge in [-0.25, -0.2) is 0 Å². The highest BCUT2D eigenvalue weighted by atomic mass is 14.6. The third kappa shape index (κ3) is 19.9. The molecule has 22 heavy (non-hydrogen) atoms. The second kappa shape index (κ2) is 16.6. The van der Waals surface area contributed by atoms with Crippen LogP contribution in [-0.4, -0.2) is 16.7 Å². The molecule has 0 aliphatic rings. The van der Waals surface area contributed by atoms with E-state index in [1.807, 2.05) is 72.8 Å². The summed E-state index contributed by atoms with van der Waals surface area (Å²) in [6.45, 7) is 7.33. The predicted octanol–water partition coefficient (Wildman–Crippen LogP) is 5.22. The summed E-state index contributed by atoms with van der Waals surface area (Å²) in [7, 11) is 0. The zero-order valence-corrected chi connectivity index (χ0v) is 13.7. The van der Waals surface area contributed by atoms with Gasteiger partial charge in [0.15, 0.2) is 0 Å². The number of hydrogen-bond donors (Lipinski definition) is 0. The largest absolute Gasteiger partial charge is 0.265 e. The molecule has 0 radical (unpaired) electrons. The molecule has 0 aliphatic heterocycles. The lowest BCUT2D eigenvalue weighted by atomic mass is 9.58. The second-order valence-corrected chi connectivity index (χ2v) is 4.94. The number of rotatable bonds is 0. The molecule has 0 aliphatic carbocycles. The van der Waals surface area contributed by atoms with Crippen LogP contribution in [0.3, 0.4) is 0 Å². The number of benzene rings is 1. The summed E-state index contributed by atoms with van der Waals surface area (Å²) in [6.07, 6.45) is 7.00. The Morgan fingerprint density at radius 3 is 0.682 bits per heavy atom. The lowest BCUT2D eigenvalue weighted by Crippen LogP contribution is -1.84. The topological polar surface area (TPSA) is 25.8 Å². The standard InChI is InChI=1S/C6H6.2C5H5N.C3H9B/c3*1-2-4-6-5-3-1;1-4(2)3/h1-6H;2*1-5H;1-3H3. The van der Waals surface area contributed by atoms with Crippen LogP contribution in [0, 0.1) is 0 Å². The van der Waals surface area contributed by atoms with Gasteiger partial charge in [0.05, 0.1) is 0 Å². The molecule has 3 heteroatoms. The highest BCUT2D eigenvalue weighted by molar-refractivity contribution is 6.54. The molecule has 2 aromatic heterocycles. The summed E-state index contributed by atoms with van der Waals surface area (Å²) < 4.78 is 0.